The molecule has 2 unspecified atom stereocenters. The van der Waals surface area contributed by atoms with E-state index in [0.29, 0.717) is 0 Å². The van der Waals surface area contributed by atoms with Crippen LogP contribution in [-0.2, 0) is 0 Å². The zero-order chi connectivity index (χ0) is 6.69. The quantitative estimate of drug-likeness (QED) is 0.530. The Bertz CT molecular complexity index is 77.0. The first-order valence-electron chi connectivity index (χ1n) is 3.67. The Morgan fingerprint density at radius 2 is 2.33 bits per heavy atom. The average molecular weight is 145 g/mol. The van der Waals surface area contributed by atoms with E-state index in [-0.39, 0.29) is 0 Å². The van der Waals surface area contributed by atoms with Gasteiger partial charge in [-0.3, -0.25) is 0 Å². The van der Waals surface area contributed by atoms with Crippen LogP contribution in [0.3, 0.4) is 0 Å². The predicted molar refractivity (Wildman–Crippen MR) is 44.0 cm³/mol. The number of piperidine rings is 1. The number of hydrogen-bond donors (Lipinski definition) is 2. The maximum absolute atomic E-state index is 4.25. The second kappa shape index (κ2) is 3.47. The molecule has 1 N–H and O–H groups in total. The molecule has 54 valence electrons. The molecule has 1 aliphatic rings. The monoisotopic (exact) mass is 145 g/mol. The molecule has 9 heavy (non-hydrogen) atoms. The first kappa shape index (κ1) is 7.42. The van der Waals surface area contributed by atoms with Crippen LogP contribution in [-0.4, -0.2) is 18.3 Å². The largest absolute Gasteiger partial charge is 0.314 e. The summed E-state index contributed by atoms with van der Waals surface area (Å²) in [5.74, 6) is 1.87. The van der Waals surface area contributed by atoms with E-state index in [1.165, 1.54) is 19.4 Å². The zero-order valence-corrected chi connectivity index (χ0v) is 6.82. The summed E-state index contributed by atoms with van der Waals surface area (Å²) >= 11 is 4.25. The van der Waals surface area contributed by atoms with Gasteiger partial charge in [0.15, 0.2) is 0 Å². The zero-order valence-electron chi connectivity index (χ0n) is 5.93. The van der Waals surface area contributed by atoms with Gasteiger partial charge in [0.05, 0.1) is 0 Å². The van der Waals surface area contributed by atoms with Crippen LogP contribution >= 0.6 is 12.6 Å². The summed E-state index contributed by atoms with van der Waals surface area (Å²) in [5.41, 5.74) is 0. The van der Waals surface area contributed by atoms with Gasteiger partial charge in [0.25, 0.3) is 0 Å². The Morgan fingerprint density at radius 3 is 2.78 bits per heavy atom. The summed E-state index contributed by atoms with van der Waals surface area (Å²) in [6, 6.07) is 0.737. The van der Waals surface area contributed by atoms with E-state index >= 15 is 0 Å². The van der Waals surface area contributed by atoms with Gasteiger partial charge in [-0.25, -0.2) is 0 Å². The number of hydrogen-bond acceptors (Lipinski definition) is 2. The highest BCUT2D eigenvalue weighted by atomic mass is 32.1. The lowest BCUT2D eigenvalue weighted by atomic mass is 9.97. The Labute approximate surface area is 62.6 Å². The van der Waals surface area contributed by atoms with Crippen molar-refractivity contribution < 1.29 is 0 Å². The molecule has 0 bridgehead atoms. The second-order valence-corrected chi connectivity index (χ2v) is 3.30. The molecule has 2 heteroatoms. The molecule has 2 atom stereocenters. The van der Waals surface area contributed by atoms with E-state index in [9.17, 15) is 0 Å². The Hall–Kier alpha value is 0.310. The van der Waals surface area contributed by atoms with Crippen molar-refractivity contribution in [1.82, 2.24) is 5.32 Å². The van der Waals surface area contributed by atoms with E-state index in [1.54, 1.807) is 0 Å². The van der Waals surface area contributed by atoms with Gasteiger partial charge in [0, 0.05) is 6.04 Å². The fourth-order valence-electron chi connectivity index (χ4n) is 1.21. The van der Waals surface area contributed by atoms with E-state index in [2.05, 4.69) is 24.9 Å². The second-order valence-electron chi connectivity index (χ2n) is 2.94. The van der Waals surface area contributed by atoms with Crippen LogP contribution in [0.25, 0.3) is 0 Å². The Morgan fingerprint density at radius 1 is 1.56 bits per heavy atom. The summed E-state index contributed by atoms with van der Waals surface area (Å²) in [6.07, 6.45) is 2.68. The fraction of sp³-hybridized carbons (Fsp3) is 1.00. The number of nitrogens with one attached hydrogen (secondary N) is 1. The van der Waals surface area contributed by atoms with Gasteiger partial charge in [-0.15, -0.1) is 0 Å². The van der Waals surface area contributed by atoms with Crippen LogP contribution in [0.1, 0.15) is 19.8 Å². The van der Waals surface area contributed by atoms with Gasteiger partial charge in [0.2, 0.25) is 0 Å². The van der Waals surface area contributed by atoms with Crippen molar-refractivity contribution in [2.45, 2.75) is 25.8 Å². The maximum atomic E-state index is 4.25. The van der Waals surface area contributed by atoms with Crippen LogP contribution in [0, 0.1) is 5.92 Å². The lowest BCUT2D eigenvalue weighted by molar-refractivity contribution is 0.347. The van der Waals surface area contributed by atoms with Crippen LogP contribution in [0.4, 0.5) is 0 Å². The molecule has 1 aliphatic heterocycles. The minimum atomic E-state index is 0.737. The van der Waals surface area contributed by atoms with Crippen LogP contribution in [0.5, 0.6) is 0 Å². The predicted octanol–water partition coefficient (Wildman–Crippen LogP) is 1.30. The van der Waals surface area contributed by atoms with Crippen molar-refractivity contribution in [2.24, 2.45) is 5.92 Å². The van der Waals surface area contributed by atoms with Gasteiger partial charge in [-0.2, -0.15) is 12.6 Å². The van der Waals surface area contributed by atoms with E-state index in [1.807, 2.05) is 0 Å². The molecule has 0 aromatic heterocycles. The molecule has 1 heterocycles. The molecule has 0 amide bonds. The standard InChI is InChI=1S/C7H15NS/c1-6-2-3-7(5-9)4-8-6/h6-9H,2-5H2,1H3. The lowest BCUT2D eigenvalue weighted by Crippen LogP contribution is -2.37. The summed E-state index contributed by atoms with van der Waals surface area (Å²) in [6.45, 7) is 3.42. The van der Waals surface area contributed by atoms with Gasteiger partial charge in [0.1, 0.15) is 0 Å². The highest BCUT2D eigenvalue weighted by Crippen LogP contribution is 2.14. The van der Waals surface area contributed by atoms with Crippen LogP contribution in [0.2, 0.25) is 0 Å². The van der Waals surface area contributed by atoms with Crippen LogP contribution in [0.15, 0.2) is 0 Å². The highest BCUT2D eigenvalue weighted by molar-refractivity contribution is 7.80. The third kappa shape index (κ3) is 2.18. The van der Waals surface area contributed by atoms with Gasteiger partial charge >= 0.3 is 0 Å². The molecular formula is C7H15NS. The third-order valence-electron chi connectivity index (χ3n) is 2.02. The maximum Gasteiger partial charge on any atom is 0.00389 e. The van der Waals surface area contributed by atoms with Crippen molar-refractivity contribution in [3.8, 4) is 0 Å². The number of thiol groups is 1. The minimum absolute atomic E-state index is 0.737. The number of rotatable bonds is 1. The summed E-state index contributed by atoms with van der Waals surface area (Å²) in [4.78, 5) is 0. The van der Waals surface area contributed by atoms with Crippen molar-refractivity contribution >= 4 is 12.6 Å². The normalized spacial score (nSPS) is 36.7. The topological polar surface area (TPSA) is 12.0 Å². The van der Waals surface area contributed by atoms with E-state index in [4.69, 9.17) is 0 Å². The third-order valence-corrected chi connectivity index (χ3v) is 2.54. The Balaban J connectivity index is 2.18. The highest BCUT2D eigenvalue weighted by Gasteiger charge is 2.15. The van der Waals surface area contributed by atoms with Crippen molar-refractivity contribution in [3.05, 3.63) is 0 Å². The SMILES string of the molecule is CC1CCC(CS)CN1. The van der Waals surface area contributed by atoms with E-state index < -0.39 is 0 Å². The average Bonchev–Trinajstić information content (AvgIpc) is 1.90. The van der Waals surface area contributed by atoms with Crippen LogP contribution < -0.4 is 5.32 Å². The summed E-state index contributed by atoms with van der Waals surface area (Å²) < 4.78 is 0. The Kier molecular flexibility index (Phi) is 2.86. The van der Waals surface area contributed by atoms with E-state index in [0.717, 1.165) is 17.7 Å². The van der Waals surface area contributed by atoms with Crippen molar-refractivity contribution in [2.75, 3.05) is 12.3 Å². The molecule has 0 aromatic carbocycles. The van der Waals surface area contributed by atoms with Gasteiger partial charge < -0.3 is 5.32 Å². The molecule has 0 aromatic rings. The summed E-state index contributed by atoms with van der Waals surface area (Å²) in [5, 5.41) is 3.43. The fourth-order valence-corrected chi connectivity index (χ4v) is 1.53. The molecule has 1 saturated heterocycles. The van der Waals surface area contributed by atoms with Crippen molar-refractivity contribution in [1.29, 1.82) is 0 Å². The molecule has 1 fully saturated rings. The first-order valence-corrected chi connectivity index (χ1v) is 4.30. The van der Waals surface area contributed by atoms with Gasteiger partial charge in [-0.05, 0) is 38.0 Å². The van der Waals surface area contributed by atoms with Gasteiger partial charge in [-0.1, -0.05) is 0 Å². The van der Waals surface area contributed by atoms with Crippen molar-refractivity contribution in [3.63, 3.8) is 0 Å². The molecule has 0 aliphatic carbocycles. The molecule has 1 nitrogen and oxygen atoms in total. The molecular weight excluding hydrogens is 130 g/mol. The molecule has 1 rings (SSSR count). The summed E-state index contributed by atoms with van der Waals surface area (Å²) in [7, 11) is 0. The molecule has 0 radical (unpaired) electrons. The smallest absolute Gasteiger partial charge is 0.00389 e. The minimum Gasteiger partial charge on any atom is -0.314 e. The lowest BCUT2D eigenvalue weighted by Gasteiger charge is -2.26. The molecule has 0 spiro atoms. The molecule has 0 saturated carbocycles. The first-order chi connectivity index (χ1) is 4.33.